The van der Waals surface area contributed by atoms with Gasteiger partial charge in [-0.1, -0.05) is 23.2 Å². The molecule has 3 rings (SSSR count). The number of piperazine rings is 1. The van der Waals surface area contributed by atoms with Gasteiger partial charge in [-0.05, 0) is 36.9 Å². The van der Waals surface area contributed by atoms with E-state index in [1.54, 1.807) is 18.2 Å². The molecule has 1 fully saturated rings. The Morgan fingerprint density at radius 2 is 1.74 bits per heavy atom. The van der Waals surface area contributed by atoms with E-state index in [-0.39, 0.29) is 11.5 Å². The van der Waals surface area contributed by atoms with Crippen LogP contribution >= 0.6 is 34.5 Å². The SMILES string of the molecule is COC(=O)c1cc(C(=O)NN2CCN(C)CC2)cc(-c2cc(Cl)sc2Cl)c1. The molecule has 1 amide bonds. The van der Waals surface area contributed by atoms with Gasteiger partial charge in [-0.25, -0.2) is 9.80 Å². The molecule has 1 aromatic carbocycles. The van der Waals surface area contributed by atoms with Crippen LogP contribution in [0.15, 0.2) is 24.3 Å². The second-order valence-corrected chi connectivity index (χ2v) is 8.55. The van der Waals surface area contributed by atoms with Gasteiger partial charge in [0.15, 0.2) is 0 Å². The Bertz CT molecular complexity index is 864. The fourth-order valence-electron chi connectivity index (χ4n) is 2.81. The normalized spacial score (nSPS) is 15.6. The van der Waals surface area contributed by atoms with Gasteiger partial charge in [-0.15, -0.1) is 11.3 Å². The number of esters is 1. The molecule has 1 aromatic heterocycles. The highest BCUT2D eigenvalue weighted by molar-refractivity contribution is 7.20. The zero-order valence-electron chi connectivity index (χ0n) is 14.9. The minimum Gasteiger partial charge on any atom is -0.465 e. The van der Waals surface area contributed by atoms with Crippen molar-refractivity contribution in [2.24, 2.45) is 0 Å². The molecule has 27 heavy (non-hydrogen) atoms. The van der Waals surface area contributed by atoms with Crippen molar-refractivity contribution in [2.75, 3.05) is 40.3 Å². The van der Waals surface area contributed by atoms with Gasteiger partial charge in [0, 0.05) is 37.3 Å². The molecule has 2 heterocycles. The highest BCUT2D eigenvalue weighted by atomic mass is 35.5. The molecule has 0 aliphatic carbocycles. The number of hydrogen-bond acceptors (Lipinski definition) is 6. The molecule has 0 atom stereocenters. The van der Waals surface area contributed by atoms with Gasteiger partial charge in [0.2, 0.25) is 0 Å². The Morgan fingerprint density at radius 1 is 1.07 bits per heavy atom. The zero-order chi connectivity index (χ0) is 19.6. The third kappa shape index (κ3) is 4.80. The highest BCUT2D eigenvalue weighted by Crippen LogP contribution is 2.38. The molecular formula is C18H19Cl2N3O3S. The van der Waals surface area contributed by atoms with Crippen LogP contribution in [0.1, 0.15) is 20.7 Å². The summed E-state index contributed by atoms with van der Waals surface area (Å²) in [5.41, 5.74) is 4.83. The number of methoxy groups -OCH3 is 1. The molecule has 2 aromatic rings. The summed E-state index contributed by atoms with van der Waals surface area (Å²) < 4.78 is 5.84. The summed E-state index contributed by atoms with van der Waals surface area (Å²) in [4.78, 5) is 27.0. The molecule has 0 saturated carbocycles. The van der Waals surface area contributed by atoms with Gasteiger partial charge in [0.1, 0.15) is 4.34 Å². The van der Waals surface area contributed by atoms with Crippen LogP contribution in [0, 0.1) is 0 Å². The number of carbonyl (C=O) groups is 2. The fraction of sp³-hybridized carbons (Fsp3) is 0.333. The number of rotatable bonds is 4. The molecule has 1 N–H and O–H groups in total. The maximum Gasteiger partial charge on any atom is 0.337 e. The van der Waals surface area contributed by atoms with Crippen LogP contribution in [0.25, 0.3) is 11.1 Å². The van der Waals surface area contributed by atoms with Crippen molar-refractivity contribution in [3.63, 3.8) is 0 Å². The number of ether oxygens (including phenoxy) is 1. The van der Waals surface area contributed by atoms with Crippen molar-refractivity contribution in [1.82, 2.24) is 15.3 Å². The van der Waals surface area contributed by atoms with Crippen LogP contribution < -0.4 is 5.43 Å². The maximum atomic E-state index is 12.8. The molecule has 1 saturated heterocycles. The van der Waals surface area contributed by atoms with E-state index in [4.69, 9.17) is 27.9 Å². The molecule has 1 aliphatic rings. The van der Waals surface area contributed by atoms with Crippen LogP contribution in [-0.2, 0) is 4.74 Å². The second-order valence-electron chi connectivity index (χ2n) is 6.26. The standard InChI is InChI=1S/C18H19Cl2N3O3S/c1-22-3-5-23(6-4-22)21-17(24)12-7-11(8-13(9-12)18(25)26-2)14-10-15(19)27-16(14)20/h7-10H,3-6H2,1-2H3,(H,21,24). The Labute approximate surface area is 171 Å². The number of nitrogens with zero attached hydrogens (tertiary/aromatic N) is 2. The van der Waals surface area contributed by atoms with E-state index in [0.29, 0.717) is 25.4 Å². The first-order valence-electron chi connectivity index (χ1n) is 8.30. The molecule has 0 spiro atoms. The lowest BCUT2D eigenvalue weighted by atomic mass is 10.0. The molecule has 1 aliphatic heterocycles. The number of thiophene rings is 1. The number of hydrazine groups is 1. The van der Waals surface area contributed by atoms with Gasteiger partial charge in [-0.2, -0.15) is 0 Å². The summed E-state index contributed by atoms with van der Waals surface area (Å²) in [6, 6.07) is 6.57. The van der Waals surface area contributed by atoms with Crippen LogP contribution in [0.3, 0.4) is 0 Å². The highest BCUT2D eigenvalue weighted by Gasteiger charge is 2.20. The first kappa shape index (κ1) is 20.1. The predicted molar refractivity (Wildman–Crippen MR) is 108 cm³/mol. The molecule has 9 heteroatoms. The summed E-state index contributed by atoms with van der Waals surface area (Å²) >= 11 is 13.5. The van der Waals surface area contributed by atoms with Crippen molar-refractivity contribution in [2.45, 2.75) is 0 Å². The smallest absolute Gasteiger partial charge is 0.337 e. The Kier molecular flexibility index (Phi) is 6.39. The topological polar surface area (TPSA) is 61.9 Å². The van der Waals surface area contributed by atoms with Crippen LogP contribution in [0.4, 0.5) is 0 Å². The molecule has 0 unspecified atom stereocenters. The van der Waals surface area contributed by atoms with Crippen LogP contribution in [0.2, 0.25) is 8.67 Å². The first-order valence-corrected chi connectivity index (χ1v) is 9.87. The third-order valence-corrected chi connectivity index (χ3v) is 5.83. The minimum atomic E-state index is -0.525. The van der Waals surface area contributed by atoms with Crippen LogP contribution in [0.5, 0.6) is 0 Å². The molecular weight excluding hydrogens is 409 g/mol. The second kappa shape index (κ2) is 8.58. The number of halogens is 2. The number of nitrogens with one attached hydrogen (secondary N) is 1. The lowest BCUT2D eigenvalue weighted by Gasteiger charge is -2.32. The summed E-state index contributed by atoms with van der Waals surface area (Å²) in [7, 11) is 3.34. The number of benzene rings is 1. The van der Waals surface area contributed by atoms with E-state index in [1.807, 2.05) is 12.1 Å². The van der Waals surface area contributed by atoms with E-state index >= 15 is 0 Å². The quantitative estimate of drug-likeness (QED) is 0.757. The van der Waals surface area contributed by atoms with Crippen molar-refractivity contribution in [3.05, 3.63) is 44.1 Å². The van der Waals surface area contributed by atoms with Crippen molar-refractivity contribution < 1.29 is 14.3 Å². The lowest BCUT2D eigenvalue weighted by Crippen LogP contribution is -2.52. The summed E-state index contributed by atoms with van der Waals surface area (Å²) in [6.07, 6.45) is 0. The molecule has 0 radical (unpaired) electrons. The van der Waals surface area contributed by atoms with E-state index in [9.17, 15) is 9.59 Å². The summed E-state index contributed by atoms with van der Waals surface area (Å²) in [6.45, 7) is 3.21. The zero-order valence-corrected chi connectivity index (χ0v) is 17.2. The van der Waals surface area contributed by atoms with Crippen molar-refractivity contribution in [1.29, 1.82) is 0 Å². The molecule has 6 nitrogen and oxygen atoms in total. The first-order chi connectivity index (χ1) is 12.9. The van der Waals surface area contributed by atoms with Crippen molar-refractivity contribution >= 4 is 46.4 Å². The summed E-state index contributed by atoms with van der Waals surface area (Å²) in [5.74, 6) is -0.813. The van der Waals surface area contributed by atoms with Gasteiger partial charge >= 0.3 is 5.97 Å². The van der Waals surface area contributed by atoms with Gasteiger partial charge in [0.25, 0.3) is 5.91 Å². The van der Waals surface area contributed by atoms with Gasteiger partial charge in [0.05, 0.1) is 17.0 Å². The monoisotopic (exact) mass is 427 g/mol. The lowest BCUT2D eigenvalue weighted by molar-refractivity contribution is 0.0600. The van der Waals surface area contributed by atoms with Crippen molar-refractivity contribution in [3.8, 4) is 11.1 Å². The summed E-state index contributed by atoms with van der Waals surface area (Å²) in [5, 5.41) is 1.88. The Balaban J connectivity index is 1.91. The molecule has 144 valence electrons. The van der Waals surface area contributed by atoms with Gasteiger partial charge in [-0.3, -0.25) is 10.2 Å². The maximum absolute atomic E-state index is 12.8. The van der Waals surface area contributed by atoms with E-state index < -0.39 is 5.97 Å². The number of carbonyl (C=O) groups excluding carboxylic acids is 2. The average Bonchev–Trinajstić information content (AvgIpc) is 3.00. The largest absolute Gasteiger partial charge is 0.465 e. The minimum absolute atomic E-state index is 0.275. The fourth-order valence-corrected chi connectivity index (χ4v) is 4.32. The molecule has 0 bridgehead atoms. The van der Waals surface area contributed by atoms with E-state index in [2.05, 4.69) is 10.3 Å². The average molecular weight is 428 g/mol. The predicted octanol–water partition coefficient (Wildman–Crippen LogP) is 3.40. The third-order valence-electron chi connectivity index (χ3n) is 4.35. The van der Waals surface area contributed by atoms with Crippen LogP contribution in [-0.4, -0.2) is 62.1 Å². The van der Waals surface area contributed by atoms with E-state index in [1.165, 1.54) is 24.5 Å². The van der Waals surface area contributed by atoms with Gasteiger partial charge < -0.3 is 9.64 Å². The number of likely N-dealkylation sites (N-methyl/N-ethyl adjacent to an activating group) is 1. The number of amides is 1. The Morgan fingerprint density at radius 3 is 2.33 bits per heavy atom. The number of hydrogen-bond donors (Lipinski definition) is 1. The van der Waals surface area contributed by atoms with E-state index in [0.717, 1.165) is 26.2 Å². The Hall–Kier alpha value is -1.64.